The Morgan fingerprint density at radius 2 is 2.06 bits per heavy atom. The summed E-state index contributed by atoms with van der Waals surface area (Å²) in [6.45, 7) is 1.99. The zero-order valence-electron chi connectivity index (χ0n) is 10.1. The van der Waals surface area contributed by atoms with Crippen molar-refractivity contribution in [1.82, 2.24) is 9.78 Å². The Kier molecular flexibility index (Phi) is 3.73. The highest BCUT2D eigenvalue weighted by atomic mass is 35.5. The third kappa shape index (κ3) is 2.42. The van der Waals surface area contributed by atoms with Gasteiger partial charge in [0.25, 0.3) is 0 Å². The van der Waals surface area contributed by atoms with Crippen LogP contribution in [0.4, 0.5) is 0 Å². The van der Waals surface area contributed by atoms with E-state index in [9.17, 15) is 4.79 Å². The van der Waals surface area contributed by atoms with Crippen molar-refractivity contribution in [2.45, 2.75) is 13.3 Å². The Labute approximate surface area is 115 Å². The van der Waals surface area contributed by atoms with E-state index in [1.165, 1.54) is 0 Å². The molecule has 94 valence electrons. The number of hydrogen-bond acceptors (Lipinski definition) is 2. The van der Waals surface area contributed by atoms with E-state index in [2.05, 4.69) is 5.10 Å². The molecule has 0 N–H and O–H groups in total. The largest absolute Gasteiger partial charge is 0.287 e. The zero-order chi connectivity index (χ0) is 13.3. The minimum Gasteiger partial charge on any atom is -0.287 e. The molecule has 3 nitrogen and oxygen atoms in total. The van der Waals surface area contributed by atoms with E-state index in [-0.39, 0.29) is 5.78 Å². The van der Waals surface area contributed by atoms with Gasteiger partial charge in [0.05, 0.1) is 10.7 Å². The van der Waals surface area contributed by atoms with Crippen molar-refractivity contribution in [3.8, 4) is 0 Å². The Bertz CT molecular complexity index is 605. The fourth-order valence-corrected chi connectivity index (χ4v) is 2.10. The Morgan fingerprint density at radius 1 is 1.33 bits per heavy atom. The van der Waals surface area contributed by atoms with Gasteiger partial charge in [-0.2, -0.15) is 5.10 Å². The molecule has 2 aromatic rings. The van der Waals surface area contributed by atoms with Gasteiger partial charge in [0.2, 0.25) is 5.78 Å². The minimum atomic E-state index is -0.169. The Hall–Kier alpha value is -1.32. The number of aromatic nitrogens is 2. The first-order valence-corrected chi connectivity index (χ1v) is 6.31. The molecule has 0 atom stereocenters. The molecule has 0 aliphatic carbocycles. The smallest absolute Gasteiger partial charge is 0.212 e. The molecular formula is C13H12Cl2N2O. The molecular weight excluding hydrogens is 271 g/mol. The van der Waals surface area contributed by atoms with Crippen LogP contribution in [0.1, 0.15) is 28.7 Å². The first-order chi connectivity index (χ1) is 8.52. The summed E-state index contributed by atoms with van der Waals surface area (Å²) in [4.78, 5) is 12.4. The van der Waals surface area contributed by atoms with E-state index in [1.807, 2.05) is 6.92 Å². The van der Waals surface area contributed by atoms with Crippen molar-refractivity contribution >= 4 is 29.0 Å². The van der Waals surface area contributed by atoms with E-state index >= 15 is 0 Å². The molecule has 5 heteroatoms. The molecule has 0 unspecified atom stereocenters. The first-order valence-electron chi connectivity index (χ1n) is 5.55. The van der Waals surface area contributed by atoms with Crippen molar-refractivity contribution in [3.63, 3.8) is 0 Å². The molecule has 0 amide bonds. The van der Waals surface area contributed by atoms with Crippen LogP contribution in [-0.4, -0.2) is 15.6 Å². The average molecular weight is 283 g/mol. The van der Waals surface area contributed by atoms with Gasteiger partial charge < -0.3 is 0 Å². The van der Waals surface area contributed by atoms with Crippen molar-refractivity contribution in [2.24, 2.45) is 7.05 Å². The van der Waals surface area contributed by atoms with Crippen molar-refractivity contribution in [3.05, 3.63) is 51.3 Å². The number of halogens is 2. The second kappa shape index (κ2) is 5.12. The van der Waals surface area contributed by atoms with Gasteiger partial charge in [-0.15, -0.1) is 0 Å². The molecule has 0 radical (unpaired) electrons. The highest BCUT2D eigenvalue weighted by Crippen LogP contribution is 2.23. The number of carbonyl (C=O) groups excluding carboxylic acids is 1. The van der Waals surface area contributed by atoms with E-state index in [0.29, 0.717) is 21.3 Å². The fourth-order valence-electron chi connectivity index (χ4n) is 1.72. The number of nitrogens with zero attached hydrogens (tertiary/aromatic N) is 2. The van der Waals surface area contributed by atoms with Crippen molar-refractivity contribution < 1.29 is 4.79 Å². The van der Waals surface area contributed by atoms with Gasteiger partial charge >= 0.3 is 0 Å². The monoisotopic (exact) mass is 282 g/mol. The molecule has 0 aliphatic heterocycles. The first kappa shape index (κ1) is 13.1. The van der Waals surface area contributed by atoms with Crippen molar-refractivity contribution in [1.29, 1.82) is 0 Å². The summed E-state index contributed by atoms with van der Waals surface area (Å²) in [6.07, 6.45) is 0.782. The van der Waals surface area contributed by atoms with Gasteiger partial charge in [0, 0.05) is 17.6 Å². The van der Waals surface area contributed by atoms with Crippen LogP contribution in [0.15, 0.2) is 24.3 Å². The van der Waals surface area contributed by atoms with Crippen molar-refractivity contribution in [2.75, 3.05) is 0 Å². The molecule has 0 bridgehead atoms. The van der Waals surface area contributed by atoms with Gasteiger partial charge in [-0.3, -0.25) is 9.48 Å². The summed E-state index contributed by atoms with van der Waals surface area (Å²) < 4.78 is 1.57. The molecule has 1 heterocycles. The fraction of sp³-hybridized carbons (Fsp3) is 0.231. The Balaban J connectivity index is 2.47. The summed E-state index contributed by atoms with van der Waals surface area (Å²) in [7, 11) is 1.74. The molecule has 0 fully saturated rings. The highest BCUT2D eigenvalue weighted by Gasteiger charge is 2.17. The molecule has 0 saturated carbocycles. The van der Waals surface area contributed by atoms with E-state index in [4.69, 9.17) is 23.2 Å². The lowest BCUT2D eigenvalue weighted by Crippen LogP contribution is -2.08. The summed E-state index contributed by atoms with van der Waals surface area (Å²) in [5.41, 5.74) is 1.78. The minimum absolute atomic E-state index is 0.169. The summed E-state index contributed by atoms with van der Waals surface area (Å²) in [6, 6.07) is 6.63. The van der Waals surface area contributed by atoms with Crippen LogP contribution in [0.2, 0.25) is 10.0 Å². The normalized spacial score (nSPS) is 10.7. The second-order valence-corrected chi connectivity index (χ2v) is 4.80. The van der Waals surface area contributed by atoms with Crippen LogP contribution in [0.25, 0.3) is 0 Å². The molecule has 2 rings (SSSR count). The molecule has 0 aliphatic rings. The molecule has 18 heavy (non-hydrogen) atoms. The number of rotatable bonds is 3. The van der Waals surface area contributed by atoms with E-state index in [1.54, 1.807) is 36.0 Å². The molecule has 0 saturated heterocycles. The maximum absolute atomic E-state index is 12.4. The van der Waals surface area contributed by atoms with Crippen LogP contribution in [-0.2, 0) is 13.5 Å². The second-order valence-electron chi connectivity index (χ2n) is 3.95. The quantitative estimate of drug-likeness (QED) is 0.808. The van der Waals surface area contributed by atoms with Crippen LogP contribution in [0.3, 0.4) is 0 Å². The van der Waals surface area contributed by atoms with Crippen LogP contribution in [0.5, 0.6) is 0 Å². The number of carbonyl (C=O) groups is 1. The summed E-state index contributed by atoms with van der Waals surface area (Å²) in [5, 5.41) is 5.13. The lowest BCUT2D eigenvalue weighted by Gasteiger charge is -2.04. The SMILES string of the molecule is CCc1cc(C(=O)c2cc(Cl)ccc2Cl)n(C)n1. The molecule has 0 spiro atoms. The third-order valence-corrected chi connectivity index (χ3v) is 3.26. The van der Waals surface area contributed by atoms with Crippen LogP contribution < -0.4 is 0 Å². The van der Waals surface area contributed by atoms with Gasteiger partial charge in [0.15, 0.2) is 0 Å². The Morgan fingerprint density at radius 3 is 2.67 bits per heavy atom. The lowest BCUT2D eigenvalue weighted by molar-refractivity contribution is 0.103. The van der Waals surface area contributed by atoms with Gasteiger partial charge in [0.1, 0.15) is 5.69 Å². The number of benzene rings is 1. The number of ketones is 1. The van der Waals surface area contributed by atoms with Gasteiger partial charge in [-0.05, 0) is 30.7 Å². The predicted octanol–water partition coefficient (Wildman–Crippen LogP) is 3.52. The standard InChI is InChI=1S/C13H12Cl2N2O/c1-3-9-7-12(17(2)16-9)13(18)10-6-8(14)4-5-11(10)15/h4-7H,3H2,1-2H3. The topological polar surface area (TPSA) is 34.9 Å². The van der Waals surface area contributed by atoms with Gasteiger partial charge in [-0.25, -0.2) is 0 Å². The third-order valence-electron chi connectivity index (χ3n) is 2.70. The molecule has 1 aromatic carbocycles. The summed E-state index contributed by atoms with van der Waals surface area (Å²) in [5.74, 6) is -0.169. The number of aryl methyl sites for hydroxylation is 2. The van der Waals surface area contributed by atoms with Crippen LogP contribution in [0, 0.1) is 0 Å². The number of hydrogen-bond donors (Lipinski definition) is 0. The lowest BCUT2D eigenvalue weighted by atomic mass is 10.1. The van der Waals surface area contributed by atoms with E-state index in [0.717, 1.165) is 12.1 Å². The maximum atomic E-state index is 12.4. The maximum Gasteiger partial charge on any atom is 0.212 e. The van der Waals surface area contributed by atoms with Gasteiger partial charge in [-0.1, -0.05) is 30.1 Å². The van der Waals surface area contributed by atoms with E-state index < -0.39 is 0 Å². The average Bonchev–Trinajstić information content (AvgIpc) is 2.73. The highest BCUT2D eigenvalue weighted by molar-refractivity contribution is 6.36. The molecule has 1 aromatic heterocycles. The zero-order valence-corrected chi connectivity index (χ0v) is 11.6. The predicted molar refractivity (Wildman–Crippen MR) is 72.5 cm³/mol. The summed E-state index contributed by atoms with van der Waals surface area (Å²) >= 11 is 11.9. The van der Waals surface area contributed by atoms with Crippen LogP contribution >= 0.6 is 23.2 Å².